The summed E-state index contributed by atoms with van der Waals surface area (Å²) >= 11 is 0. The lowest BCUT2D eigenvalue weighted by Crippen LogP contribution is -2.49. The molecule has 0 aromatic heterocycles. The largest absolute Gasteiger partial charge is 0.490 e. The van der Waals surface area contributed by atoms with Gasteiger partial charge < -0.3 is 4.74 Å². The molecule has 2 aliphatic rings. The predicted molar refractivity (Wildman–Crippen MR) is 122 cm³/mol. The minimum Gasteiger partial charge on any atom is -0.453 e. The second-order valence-electron chi connectivity index (χ2n) is 9.21. The summed E-state index contributed by atoms with van der Waals surface area (Å²) < 4.78 is 71.9. The lowest BCUT2D eigenvalue weighted by molar-refractivity contribution is -0.205. The molecule has 0 spiro atoms. The number of piperidine rings is 1. The number of carbonyl (C=O) groups excluding carboxylic acids is 1. The molecule has 0 radical (unpaired) electrons. The van der Waals surface area contributed by atoms with Crippen molar-refractivity contribution in [1.29, 1.82) is 0 Å². The number of nitrogens with one attached hydrogen (secondary N) is 1. The fourth-order valence-corrected chi connectivity index (χ4v) is 6.50. The van der Waals surface area contributed by atoms with Crippen molar-refractivity contribution in [3.63, 3.8) is 0 Å². The number of esters is 1. The molecule has 34 heavy (non-hydrogen) atoms. The number of sulfonamides is 1. The van der Waals surface area contributed by atoms with Gasteiger partial charge in [-0.3, -0.25) is 4.90 Å². The highest BCUT2D eigenvalue weighted by Crippen LogP contribution is 2.36. The molecule has 6 nitrogen and oxygen atoms in total. The molecule has 1 saturated carbocycles. The number of carbonyl (C=O) groups is 1. The van der Waals surface area contributed by atoms with E-state index in [1.54, 1.807) is 36.4 Å². The first kappa shape index (κ1) is 24.9. The molecular formula is C24H29F3N2O4S. The molecule has 4 rings (SSSR count). The molecule has 1 saturated heterocycles. The van der Waals surface area contributed by atoms with Crippen LogP contribution < -0.4 is 4.72 Å². The minimum absolute atomic E-state index is 0.0227. The van der Waals surface area contributed by atoms with Gasteiger partial charge in [-0.15, -0.1) is 0 Å². The molecule has 10 heteroatoms. The predicted octanol–water partition coefficient (Wildman–Crippen LogP) is 4.10. The molecule has 2 aromatic rings. The maximum atomic E-state index is 13.0. The van der Waals surface area contributed by atoms with Gasteiger partial charge in [-0.1, -0.05) is 55.7 Å². The van der Waals surface area contributed by atoms with Gasteiger partial charge in [0.1, 0.15) is 6.10 Å². The van der Waals surface area contributed by atoms with E-state index in [0.29, 0.717) is 23.8 Å². The summed E-state index contributed by atoms with van der Waals surface area (Å²) in [6, 6.07) is 11.8. The Kier molecular flexibility index (Phi) is 7.49. The van der Waals surface area contributed by atoms with E-state index in [1.807, 2.05) is 4.90 Å². The summed E-state index contributed by atoms with van der Waals surface area (Å²) in [6.45, 7) is 1.01. The summed E-state index contributed by atoms with van der Waals surface area (Å²) in [6.07, 6.45) is -0.846. The Labute approximate surface area is 197 Å². The molecule has 0 bridgehead atoms. The van der Waals surface area contributed by atoms with Gasteiger partial charge in [-0.25, -0.2) is 17.9 Å². The van der Waals surface area contributed by atoms with Crippen LogP contribution in [-0.4, -0.2) is 57.7 Å². The standard InChI is InChI=1S/C24H29F3N2O4S/c25-24(26,27)23(30)33-20(16-29-13-12-17-6-1-2-8-19(17)15-29)14-28-34(31,32)22-11-5-9-18-7-3-4-10-21(18)22/h3-5,7,9-11,17,19-20,28H,1-2,6,8,12-16H2/t17?,19?,20-/m0/s1. The Balaban J connectivity index is 1.48. The van der Waals surface area contributed by atoms with Gasteiger partial charge in [0.15, 0.2) is 0 Å². The molecule has 1 aliphatic heterocycles. The maximum Gasteiger partial charge on any atom is 0.490 e. The average molecular weight is 499 g/mol. The molecule has 2 fully saturated rings. The average Bonchev–Trinajstić information content (AvgIpc) is 2.81. The number of hydrogen-bond acceptors (Lipinski definition) is 5. The quantitative estimate of drug-likeness (QED) is 0.582. The third kappa shape index (κ3) is 5.90. The number of benzene rings is 2. The molecule has 0 amide bonds. The van der Waals surface area contributed by atoms with E-state index in [1.165, 1.54) is 18.9 Å². The number of hydrogen-bond donors (Lipinski definition) is 1. The van der Waals surface area contributed by atoms with Gasteiger partial charge >= 0.3 is 12.1 Å². The van der Waals surface area contributed by atoms with Gasteiger partial charge in [-0.05, 0) is 42.7 Å². The van der Waals surface area contributed by atoms with Gasteiger partial charge in [0.2, 0.25) is 10.0 Å². The van der Waals surface area contributed by atoms with Gasteiger partial charge in [0.05, 0.1) is 4.90 Å². The van der Waals surface area contributed by atoms with E-state index in [0.717, 1.165) is 31.2 Å². The normalized spacial score (nSPS) is 22.8. The first-order chi connectivity index (χ1) is 16.1. The van der Waals surface area contributed by atoms with Crippen molar-refractivity contribution in [2.24, 2.45) is 11.8 Å². The van der Waals surface area contributed by atoms with Crippen LogP contribution in [0.1, 0.15) is 32.1 Å². The fraction of sp³-hybridized carbons (Fsp3) is 0.542. The molecule has 1 N–H and O–H groups in total. The zero-order valence-electron chi connectivity index (χ0n) is 18.8. The molecular weight excluding hydrogens is 469 g/mol. The van der Waals surface area contributed by atoms with Crippen LogP contribution in [0.2, 0.25) is 0 Å². The van der Waals surface area contributed by atoms with Crippen LogP contribution in [0.25, 0.3) is 10.8 Å². The topological polar surface area (TPSA) is 75.7 Å². The number of nitrogens with zero attached hydrogens (tertiary/aromatic N) is 1. The zero-order chi connectivity index (χ0) is 24.3. The number of likely N-dealkylation sites (tertiary alicyclic amines) is 1. The summed E-state index contributed by atoms with van der Waals surface area (Å²) in [5.41, 5.74) is 0. The monoisotopic (exact) mass is 498 g/mol. The van der Waals surface area contributed by atoms with Crippen molar-refractivity contribution < 1.29 is 31.1 Å². The Hall–Kier alpha value is -2.17. The van der Waals surface area contributed by atoms with Crippen molar-refractivity contribution in [3.8, 4) is 0 Å². The summed E-state index contributed by atoms with van der Waals surface area (Å²) in [5.74, 6) is -1.20. The van der Waals surface area contributed by atoms with Crippen molar-refractivity contribution in [3.05, 3.63) is 42.5 Å². The zero-order valence-corrected chi connectivity index (χ0v) is 19.6. The lowest BCUT2D eigenvalue weighted by Gasteiger charge is -2.42. The Morgan fingerprint density at radius 2 is 1.76 bits per heavy atom. The van der Waals surface area contributed by atoms with Gasteiger partial charge in [-0.2, -0.15) is 13.2 Å². The van der Waals surface area contributed by atoms with Crippen LogP contribution in [0.4, 0.5) is 13.2 Å². The van der Waals surface area contributed by atoms with Crippen molar-refractivity contribution >= 4 is 26.8 Å². The third-order valence-corrected chi connectivity index (χ3v) is 8.36. The van der Waals surface area contributed by atoms with E-state index in [-0.39, 0.29) is 11.4 Å². The van der Waals surface area contributed by atoms with Crippen molar-refractivity contribution in [2.75, 3.05) is 26.2 Å². The van der Waals surface area contributed by atoms with E-state index in [2.05, 4.69) is 4.72 Å². The van der Waals surface area contributed by atoms with Gasteiger partial charge in [0.25, 0.3) is 0 Å². The summed E-state index contributed by atoms with van der Waals surface area (Å²) in [5, 5.41) is 1.22. The van der Waals surface area contributed by atoms with Crippen LogP contribution in [0.15, 0.2) is 47.4 Å². The molecule has 1 heterocycles. The highest BCUT2D eigenvalue weighted by Gasteiger charge is 2.43. The Morgan fingerprint density at radius 1 is 1.06 bits per heavy atom. The number of alkyl halides is 3. The van der Waals surface area contributed by atoms with E-state index in [4.69, 9.17) is 4.74 Å². The fourth-order valence-electron chi connectivity index (χ4n) is 5.20. The number of rotatable bonds is 7. The lowest BCUT2D eigenvalue weighted by atomic mass is 9.75. The molecule has 2 aromatic carbocycles. The van der Waals surface area contributed by atoms with Crippen LogP contribution in [0.5, 0.6) is 0 Å². The highest BCUT2D eigenvalue weighted by atomic mass is 32.2. The van der Waals surface area contributed by atoms with E-state index >= 15 is 0 Å². The Bertz CT molecular complexity index is 1120. The SMILES string of the molecule is O=C(O[C@@H](CNS(=O)(=O)c1cccc2ccccc12)CN1CCC2CCCCC2C1)C(F)(F)F. The first-order valence-electron chi connectivity index (χ1n) is 11.6. The number of halogens is 3. The summed E-state index contributed by atoms with van der Waals surface area (Å²) in [4.78, 5) is 13.6. The number of ether oxygens (including phenoxy) is 1. The smallest absolute Gasteiger partial charge is 0.453 e. The van der Waals surface area contributed by atoms with Crippen LogP contribution >= 0.6 is 0 Å². The molecule has 3 atom stereocenters. The van der Waals surface area contributed by atoms with Gasteiger partial charge in [0, 0.05) is 25.0 Å². The van der Waals surface area contributed by atoms with E-state index in [9.17, 15) is 26.4 Å². The summed E-state index contributed by atoms with van der Waals surface area (Å²) in [7, 11) is -4.05. The first-order valence-corrected chi connectivity index (χ1v) is 13.1. The second kappa shape index (κ2) is 10.2. The van der Waals surface area contributed by atoms with Crippen LogP contribution in [-0.2, 0) is 19.6 Å². The van der Waals surface area contributed by atoms with E-state index < -0.39 is 34.8 Å². The van der Waals surface area contributed by atoms with Crippen LogP contribution in [0, 0.1) is 11.8 Å². The highest BCUT2D eigenvalue weighted by molar-refractivity contribution is 7.89. The molecule has 1 aliphatic carbocycles. The number of fused-ring (bicyclic) bond motifs is 2. The van der Waals surface area contributed by atoms with Crippen LogP contribution in [0.3, 0.4) is 0 Å². The molecule has 186 valence electrons. The third-order valence-electron chi connectivity index (χ3n) is 6.88. The minimum atomic E-state index is -5.15. The Morgan fingerprint density at radius 3 is 2.53 bits per heavy atom. The second-order valence-corrected chi connectivity index (χ2v) is 10.9. The molecule has 2 unspecified atom stereocenters. The van der Waals surface area contributed by atoms with Crippen molar-refractivity contribution in [1.82, 2.24) is 9.62 Å². The maximum absolute atomic E-state index is 13.0. The van der Waals surface area contributed by atoms with Crippen molar-refractivity contribution in [2.45, 2.75) is 49.3 Å².